The second kappa shape index (κ2) is 8.15. The van der Waals surface area contributed by atoms with Crippen molar-refractivity contribution in [2.75, 3.05) is 46.3 Å². The van der Waals surface area contributed by atoms with E-state index in [-0.39, 0.29) is 23.1 Å². The Labute approximate surface area is 183 Å². The number of amides is 2. The topological polar surface area (TPSA) is 57.0 Å². The van der Waals surface area contributed by atoms with Crippen LogP contribution in [0.25, 0.3) is 0 Å². The van der Waals surface area contributed by atoms with E-state index in [4.69, 9.17) is 4.42 Å². The zero-order chi connectivity index (χ0) is 21.4. The number of carbonyl (C=O) groups is 2. The smallest absolute Gasteiger partial charge is 0.257 e. The maximum Gasteiger partial charge on any atom is 0.257 e. The first-order chi connectivity index (χ1) is 15.1. The average molecular weight is 422 g/mol. The van der Waals surface area contributed by atoms with Crippen LogP contribution >= 0.6 is 0 Å². The minimum atomic E-state index is 0.0525. The van der Waals surface area contributed by atoms with Crippen LogP contribution in [-0.2, 0) is 10.2 Å². The zero-order valence-electron chi connectivity index (χ0n) is 18.3. The Morgan fingerprint density at radius 2 is 1.74 bits per heavy atom. The summed E-state index contributed by atoms with van der Waals surface area (Å²) in [6.45, 7) is 5.07. The normalized spacial score (nSPS) is 23.2. The van der Waals surface area contributed by atoms with Crippen molar-refractivity contribution in [2.24, 2.45) is 0 Å². The highest BCUT2D eigenvalue weighted by Crippen LogP contribution is 2.52. The Morgan fingerprint density at radius 3 is 2.45 bits per heavy atom. The van der Waals surface area contributed by atoms with Crippen molar-refractivity contribution in [3.05, 3.63) is 59.5 Å². The minimum absolute atomic E-state index is 0.0525. The maximum absolute atomic E-state index is 13.1. The molecule has 0 N–H and O–H groups in total. The molecule has 1 spiro atoms. The fraction of sp³-hybridized carbons (Fsp3) is 0.520. The number of carbonyl (C=O) groups excluding carboxylic acids is 2. The number of hydrogen-bond acceptors (Lipinski definition) is 4. The lowest BCUT2D eigenvalue weighted by molar-refractivity contribution is -0.133. The molecule has 1 aromatic carbocycles. The van der Waals surface area contributed by atoms with Gasteiger partial charge in [-0.25, -0.2) is 0 Å². The summed E-state index contributed by atoms with van der Waals surface area (Å²) in [6, 6.07) is 10.4. The monoisotopic (exact) mass is 421 g/mol. The van der Waals surface area contributed by atoms with Crippen LogP contribution in [0.3, 0.4) is 0 Å². The van der Waals surface area contributed by atoms with Crippen molar-refractivity contribution in [1.82, 2.24) is 14.7 Å². The molecule has 5 rings (SSSR count). The third kappa shape index (κ3) is 3.78. The van der Waals surface area contributed by atoms with Crippen molar-refractivity contribution in [3.8, 4) is 0 Å². The van der Waals surface area contributed by atoms with Crippen molar-refractivity contribution in [3.63, 3.8) is 0 Å². The van der Waals surface area contributed by atoms with Crippen LogP contribution in [0.1, 0.15) is 53.1 Å². The molecule has 0 radical (unpaired) electrons. The molecule has 31 heavy (non-hydrogen) atoms. The number of piperidine rings is 1. The lowest BCUT2D eigenvalue weighted by Crippen LogP contribution is -2.47. The first kappa shape index (κ1) is 20.3. The third-order valence-corrected chi connectivity index (χ3v) is 7.66. The number of benzene rings is 1. The van der Waals surface area contributed by atoms with E-state index in [1.807, 2.05) is 9.80 Å². The Kier molecular flexibility index (Phi) is 5.34. The molecular weight excluding hydrogens is 390 g/mol. The summed E-state index contributed by atoms with van der Waals surface area (Å²) in [6.07, 6.45) is 6.59. The van der Waals surface area contributed by atoms with Gasteiger partial charge in [0.05, 0.1) is 11.8 Å². The number of nitrogens with zero attached hydrogens (tertiary/aromatic N) is 3. The molecule has 1 unspecified atom stereocenters. The lowest BCUT2D eigenvalue weighted by atomic mass is 9.73. The SMILES string of the molecule is CN1CCN(C(=O)CC2CC3(CCN(C(=O)c4ccoc4)CC3)c3ccccc32)CC1. The summed E-state index contributed by atoms with van der Waals surface area (Å²) in [7, 11) is 2.11. The van der Waals surface area contributed by atoms with Crippen molar-refractivity contribution in [1.29, 1.82) is 0 Å². The van der Waals surface area contributed by atoms with Gasteiger partial charge in [0, 0.05) is 45.7 Å². The predicted octanol–water partition coefficient (Wildman–Crippen LogP) is 3.11. The van der Waals surface area contributed by atoms with E-state index in [1.165, 1.54) is 17.4 Å². The van der Waals surface area contributed by atoms with Gasteiger partial charge in [-0.15, -0.1) is 0 Å². The van der Waals surface area contributed by atoms with E-state index in [9.17, 15) is 9.59 Å². The maximum atomic E-state index is 13.1. The van der Waals surface area contributed by atoms with Crippen LogP contribution < -0.4 is 0 Å². The van der Waals surface area contributed by atoms with Crippen molar-refractivity contribution >= 4 is 11.8 Å². The van der Waals surface area contributed by atoms with Gasteiger partial charge >= 0.3 is 0 Å². The third-order valence-electron chi connectivity index (χ3n) is 7.66. The van der Waals surface area contributed by atoms with E-state index in [1.54, 1.807) is 12.3 Å². The number of likely N-dealkylation sites (tertiary alicyclic amines) is 1. The van der Waals surface area contributed by atoms with Gasteiger partial charge in [-0.3, -0.25) is 9.59 Å². The molecule has 6 heteroatoms. The van der Waals surface area contributed by atoms with Crippen LogP contribution in [-0.4, -0.2) is 72.8 Å². The van der Waals surface area contributed by atoms with Gasteiger partial charge in [0.1, 0.15) is 6.26 Å². The lowest BCUT2D eigenvalue weighted by Gasteiger charge is -2.40. The van der Waals surface area contributed by atoms with E-state index in [2.05, 4.69) is 36.2 Å². The van der Waals surface area contributed by atoms with E-state index >= 15 is 0 Å². The fourth-order valence-electron chi connectivity index (χ4n) is 5.79. The molecular formula is C25H31N3O3. The first-order valence-corrected chi connectivity index (χ1v) is 11.4. The largest absolute Gasteiger partial charge is 0.472 e. The van der Waals surface area contributed by atoms with Crippen molar-refractivity contribution < 1.29 is 14.0 Å². The van der Waals surface area contributed by atoms with E-state index in [0.717, 1.165) is 58.5 Å². The Morgan fingerprint density at radius 1 is 1.00 bits per heavy atom. The Bertz CT molecular complexity index is 939. The highest BCUT2D eigenvalue weighted by Gasteiger charge is 2.46. The number of piperazine rings is 1. The fourth-order valence-corrected chi connectivity index (χ4v) is 5.79. The second-order valence-electron chi connectivity index (χ2n) is 9.46. The number of furan rings is 1. The van der Waals surface area contributed by atoms with Gasteiger partial charge in [-0.2, -0.15) is 0 Å². The number of likely N-dealkylation sites (N-methyl/N-ethyl adjacent to an activating group) is 1. The molecule has 2 aliphatic heterocycles. The standard InChI is InChI=1S/C25H31N3O3/c1-26-11-13-27(14-12-26)23(29)16-20-17-25(22-5-3-2-4-21(20)22)7-9-28(10-8-25)24(30)19-6-15-31-18-19/h2-6,15,18,20H,7-14,16-17H2,1H3. The molecule has 3 aliphatic rings. The van der Waals surface area contributed by atoms with Gasteiger partial charge in [0.15, 0.2) is 0 Å². The number of rotatable bonds is 3. The molecule has 3 heterocycles. The number of hydrogen-bond donors (Lipinski definition) is 0. The molecule has 2 aromatic rings. The van der Waals surface area contributed by atoms with Crippen LogP contribution in [0.2, 0.25) is 0 Å². The predicted molar refractivity (Wildman–Crippen MR) is 118 cm³/mol. The van der Waals surface area contributed by atoms with Crippen LogP contribution in [0.4, 0.5) is 0 Å². The molecule has 1 atom stereocenters. The summed E-state index contributed by atoms with van der Waals surface area (Å²) >= 11 is 0. The summed E-state index contributed by atoms with van der Waals surface area (Å²) in [5.41, 5.74) is 3.45. The molecule has 164 valence electrons. The van der Waals surface area contributed by atoms with Gasteiger partial charge in [-0.1, -0.05) is 24.3 Å². The summed E-state index contributed by atoms with van der Waals surface area (Å²) in [4.78, 5) is 32.1. The highest BCUT2D eigenvalue weighted by molar-refractivity contribution is 5.93. The summed E-state index contributed by atoms with van der Waals surface area (Å²) < 4.78 is 5.09. The summed E-state index contributed by atoms with van der Waals surface area (Å²) in [5, 5.41) is 0. The summed E-state index contributed by atoms with van der Waals surface area (Å²) in [5.74, 6) is 0.619. The molecule has 1 aliphatic carbocycles. The van der Waals surface area contributed by atoms with Crippen LogP contribution in [0.15, 0.2) is 47.3 Å². The zero-order valence-corrected chi connectivity index (χ0v) is 18.3. The Balaban J connectivity index is 1.29. The molecule has 2 amide bonds. The first-order valence-electron chi connectivity index (χ1n) is 11.4. The molecule has 1 aromatic heterocycles. The van der Waals surface area contributed by atoms with E-state index in [0.29, 0.717) is 12.0 Å². The molecule has 0 bridgehead atoms. The average Bonchev–Trinajstić information content (AvgIpc) is 3.43. The van der Waals surface area contributed by atoms with E-state index < -0.39 is 0 Å². The quantitative estimate of drug-likeness (QED) is 0.764. The van der Waals surface area contributed by atoms with Crippen LogP contribution in [0.5, 0.6) is 0 Å². The second-order valence-corrected chi connectivity index (χ2v) is 9.46. The number of fused-ring (bicyclic) bond motifs is 2. The van der Waals surface area contributed by atoms with Gasteiger partial charge in [0.25, 0.3) is 5.91 Å². The minimum Gasteiger partial charge on any atom is -0.472 e. The van der Waals surface area contributed by atoms with Crippen molar-refractivity contribution in [2.45, 2.75) is 37.0 Å². The Hall–Kier alpha value is -2.60. The highest BCUT2D eigenvalue weighted by atomic mass is 16.3. The van der Waals surface area contributed by atoms with Gasteiger partial charge < -0.3 is 19.1 Å². The molecule has 6 nitrogen and oxygen atoms in total. The molecule has 0 saturated carbocycles. The van der Waals surface area contributed by atoms with Gasteiger partial charge in [0.2, 0.25) is 5.91 Å². The molecule has 2 fully saturated rings. The molecule has 2 saturated heterocycles. The van der Waals surface area contributed by atoms with Crippen LogP contribution in [0, 0.1) is 0 Å². The van der Waals surface area contributed by atoms with Gasteiger partial charge in [-0.05, 0) is 54.8 Å².